The van der Waals surface area contributed by atoms with Gasteiger partial charge in [-0.1, -0.05) is 81.5 Å². The van der Waals surface area contributed by atoms with Gasteiger partial charge in [-0.05, 0) is 59.0 Å². The highest BCUT2D eigenvalue weighted by Crippen LogP contribution is 2.48. The van der Waals surface area contributed by atoms with E-state index in [-0.39, 0.29) is 17.6 Å². The van der Waals surface area contributed by atoms with Gasteiger partial charge in [-0.25, -0.2) is 0 Å². The van der Waals surface area contributed by atoms with Crippen LogP contribution in [0.25, 0.3) is 21.8 Å². The number of benzene rings is 3. The van der Waals surface area contributed by atoms with Crippen molar-refractivity contribution in [3.8, 4) is 6.07 Å². The molecule has 7 rings (SSSR count). The first kappa shape index (κ1) is 22.7. The lowest BCUT2D eigenvalue weighted by atomic mass is 9.78. The first-order valence-electron chi connectivity index (χ1n) is 13.3. The van der Waals surface area contributed by atoms with Gasteiger partial charge in [0, 0.05) is 22.4 Å². The van der Waals surface area contributed by atoms with Gasteiger partial charge in [0.1, 0.15) is 12.0 Å². The zero-order valence-electron chi connectivity index (χ0n) is 21.9. The maximum atomic E-state index is 9.51. The lowest BCUT2D eigenvalue weighted by Gasteiger charge is -2.36. The highest BCUT2D eigenvalue weighted by molar-refractivity contribution is 6.08. The van der Waals surface area contributed by atoms with Crippen LogP contribution in [0.2, 0.25) is 0 Å². The zero-order chi connectivity index (χ0) is 26.0. The summed E-state index contributed by atoms with van der Waals surface area (Å²) in [6, 6.07) is 25.8. The molecule has 0 spiro atoms. The molecule has 3 atom stereocenters. The van der Waals surface area contributed by atoms with E-state index in [9.17, 15) is 5.26 Å². The number of allylic oxidation sites excluding steroid dienone is 4. The van der Waals surface area contributed by atoms with Gasteiger partial charge in [-0.15, -0.1) is 0 Å². The van der Waals surface area contributed by atoms with E-state index in [2.05, 4.69) is 133 Å². The number of aromatic nitrogens is 1. The van der Waals surface area contributed by atoms with Gasteiger partial charge in [0.05, 0.1) is 28.7 Å². The van der Waals surface area contributed by atoms with E-state index >= 15 is 0 Å². The SMILES string of the molecule is CC(C)(C)C1=CC2c3ccccc3N(C3=CC=CC(n4c5ccccc5c5cc(C#N)ccc54)N3)C2C=C1. The van der Waals surface area contributed by atoms with E-state index in [4.69, 9.17) is 0 Å². The van der Waals surface area contributed by atoms with E-state index < -0.39 is 0 Å². The quantitative estimate of drug-likeness (QED) is 0.311. The maximum Gasteiger partial charge on any atom is 0.124 e. The van der Waals surface area contributed by atoms with Crippen LogP contribution in [0.1, 0.15) is 44.0 Å². The Morgan fingerprint density at radius 1 is 0.895 bits per heavy atom. The van der Waals surface area contributed by atoms with Crippen LogP contribution in [0.4, 0.5) is 5.69 Å². The highest BCUT2D eigenvalue weighted by atomic mass is 15.3. The summed E-state index contributed by atoms with van der Waals surface area (Å²) in [6.07, 6.45) is 13.7. The second-order valence-electron chi connectivity index (χ2n) is 11.4. The summed E-state index contributed by atoms with van der Waals surface area (Å²) in [7, 11) is 0. The largest absolute Gasteiger partial charge is 0.348 e. The molecule has 0 fully saturated rings. The van der Waals surface area contributed by atoms with Crippen LogP contribution in [-0.2, 0) is 0 Å². The Kier molecular flexibility index (Phi) is 4.93. The highest BCUT2D eigenvalue weighted by Gasteiger charge is 2.40. The Hall–Kier alpha value is -4.49. The molecule has 3 unspecified atom stereocenters. The lowest BCUT2D eigenvalue weighted by Crippen LogP contribution is -2.41. The fourth-order valence-corrected chi connectivity index (χ4v) is 6.30. The van der Waals surface area contributed by atoms with E-state index in [1.165, 1.54) is 16.8 Å². The predicted octanol–water partition coefficient (Wildman–Crippen LogP) is 7.68. The first-order chi connectivity index (χ1) is 18.4. The van der Waals surface area contributed by atoms with E-state index in [1.54, 1.807) is 0 Å². The monoisotopic (exact) mass is 494 g/mol. The van der Waals surface area contributed by atoms with Crippen LogP contribution in [0, 0.1) is 16.7 Å². The average Bonchev–Trinajstić information content (AvgIpc) is 3.45. The molecule has 1 N–H and O–H groups in total. The van der Waals surface area contributed by atoms with Crippen LogP contribution in [-0.4, -0.2) is 10.6 Å². The Morgan fingerprint density at radius 3 is 2.53 bits per heavy atom. The van der Waals surface area contributed by atoms with Gasteiger partial charge < -0.3 is 14.8 Å². The Balaban J connectivity index is 1.31. The Bertz CT molecular complexity index is 1770. The van der Waals surface area contributed by atoms with E-state index in [0.29, 0.717) is 11.5 Å². The summed E-state index contributed by atoms with van der Waals surface area (Å²) in [5.74, 6) is 1.41. The molecule has 0 saturated carbocycles. The van der Waals surface area contributed by atoms with Crippen molar-refractivity contribution in [1.82, 2.24) is 9.88 Å². The number of nitrogens with one attached hydrogen (secondary N) is 1. The molecule has 3 aromatic carbocycles. The van der Waals surface area contributed by atoms with Gasteiger partial charge in [-0.3, -0.25) is 0 Å². The second kappa shape index (κ2) is 8.26. The number of anilines is 1. The molecule has 3 aliphatic rings. The van der Waals surface area contributed by atoms with Gasteiger partial charge >= 0.3 is 0 Å². The van der Waals surface area contributed by atoms with Crippen molar-refractivity contribution >= 4 is 27.5 Å². The summed E-state index contributed by atoms with van der Waals surface area (Å²) in [5, 5.41) is 15.6. The summed E-state index contributed by atoms with van der Waals surface area (Å²) in [4.78, 5) is 2.46. The van der Waals surface area contributed by atoms with Gasteiger partial charge in [0.25, 0.3) is 0 Å². The van der Waals surface area contributed by atoms with Crippen molar-refractivity contribution < 1.29 is 0 Å². The molecule has 4 nitrogen and oxygen atoms in total. The van der Waals surface area contributed by atoms with Gasteiger partial charge in [-0.2, -0.15) is 5.26 Å². The fourth-order valence-electron chi connectivity index (χ4n) is 6.30. The van der Waals surface area contributed by atoms with Gasteiger partial charge in [0.15, 0.2) is 0 Å². The number of fused-ring (bicyclic) bond motifs is 6. The summed E-state index contributed by atoms with van der Waals surface area (Å²) >= 11 is 0. The van der Waals surface area contributed by atoms with Crippen molar-refractivity contribution in [3.05, 3.63) is 126 Å². The number of dihydropyridines is 1. The molecule has 1 aromatic heterocycles. The molecule has 4 aromatic rings. The molecule has 4 heteroatoms. The first-order valence-corrected chi connectivity index (χ1v) is 13.3. The lowest BCUT2D eigenvalue weighted by molar-refractivity contribution is 0.502. The number of rotatable bonds is 2. The topological polar surface area (TPSA) is 44.0 Å². The van der Waals surface area contributed by atoms with Crippen LogP contribution in [0.5, 0.6) is 0 Å². The number of hydrogen-bond acceptors (Lipinski definition) is 3. The number of nitrogens with zero attached hydrogens (tertiary/aromatic N) is 3. The van der Waals surface area contributed by atoms with E-state index in [0.717, 1.165) is 27.6 Å². The van der Waals surface area contributed by atoms with Crippen molar-refractivity contribution in [2.45, 2.75) is 38.9 Å². The Labute approximate surface area is 223 Å². The van der Waals surface area contributed by atoms with E-state index in [1.807, 2.05) is 12.1 Å². The third-order valence-corrected chi connectivity index (χ3v) is 8.14. The minimum Gasteiger partial charge on any atom is -0.348 e. The second-order valence-corrected chi connectivity index (χ2v) is 11.4. The molecule has 186 valence electrons. The average molecular weight is 495 g/mol. The molecule has 0 radical (unpaired) electrons. The summed E-state index contributed by atoms with van der Waals surface area (Å²) < 4.78 is 2.35. The molecule has 2 aliphatic heterocycles. The van der Waals surface area contributed by atoms with Crippen LogP contribution in [0.3, 0.4) is 0 Å². The molecule has 0 amide bonds. The van der Waals surface area contributed by atoms with Crippen molar-refractivity contribution in [3.63, 3.8) is 0 Å². The maximum absolute atomic E-state index is 9.51. The van der Waals surface area contributed by atoms with Crippen molar-refractivity contribution in [2.24, 2.45) is 5.41 Å². The zero-order valence-corrected chi connectivity index (χ0v) is 21.9. The molecule has 0 bridgehead atoms. The molecular weight excluding hydrogens is 464 g/mol. The third-order valence-electron chi connectivity index (χ3n) is 8.14. The summed E-state index contributed by atoms with van der Waals surface area (Å²) in [6.45, 7) is 6.86. The van der Waals surface area contributed by atoms with Crippen molar-refractivity contribution in [2.75, 3.05) is 4.90 Å². The van der Waals surface area contributed by atoms with Crippen molar-refractivity contribution in [1.29, 1.82) is 5.26 Å². The number of para-hydroxylation sites is 2. The Morgan fingerprint density at radius 2 is 1.68 bits per heavy atom. The number of hydrogen-bond donors (Lipinski definition) is 1. The predicted molar refractivity (Wildman–Crippen MR) is 156 cm³/mol. The normalized spacial score (nSPS) is 22.1. The molecular formula is C34H30N4. The van der Waals surface area contributed by atoms with Crippen LogP contribution in [0.15, 0.2) is 115 Å². The molecule has 0 saturated heterocycles. The third kappa shape index (κ3) is 3.35. The molecule has 3 heterocycles. The van der Waals surface area contributed by atoms with Gasteiger partial charge in [0.2, 0.25) is 0 Å². The minimum absolute atomic E-state index is 0.0650. The molecule has 38 heavy (non-hydrogen) atoms. The van der Waals surface area contributed by atoms with Crippen LogP contribution >= 0.6 is 0 Å². The standard InChI is InChI=1S/C34H30N4/c1-34(2,3)23-16-18-31-27(20-23)25-10-5-7-12-29(25)38(31)33-14-8-13-32(36-33)37-28-11-6-4-9-24(28)26-19-22(21-35)15-17-30(26)37/h4-20,27,31-32,36H,1-3H3. The smallest absolute Gasteiger partial charge is 0.124 e. The molecule has 1 aliphatic carbocycles. The summed E-state index contributed by atoms with van der Waals surface area (Å²) in [5.41, 5.74) is 7.08. The minimum atomic E-state index is -0.0650. The van der Waals surface area contributed by atoms with Crippen LogP contribution < -0.4 is 10.2 Å². The number of nitriles is 1. The fraction of sp³-hybridized carbons (Fsp3) is 0.206.